The highest BCUT2D eigenvalue weighted by atomic mass is 32.2. The number of thiophene rings is 1. The number of carbonyl (C=O) groups excluding carboxylic acids is 1. The Bertz CT molecular complexity index is 767. The summed E-state index contributed by atoms with van der Waals surface area (Å²) in [5.41, 5.74) is 1.46. The zero-order chi connectivity index (χ0) is 16.2. The summed E-state index contributed by atoms with van der Waals surface area (Å²) < 4.78 is 26.3. The molecular formula is C15H18N2O3S2. The number of hydrogen-bond donors (Lipinski definition) is 2. The van der Waals surface area contributed by atoms with E-state index in [0.717, 1.165) is 10.4 Å². The van der Waals surface area contributed by atoms with Crippen molar-refractivity contribution in [3.8, 4) is 0 Å². The van der Waals surface area contributed by atoms with Gasteiger partial charge in [-0.05, 0) is 42.1 Å². The fourth-order valence-electron chi connectivity index (χ4n) is 1.93. The third-order valence-corrected chi connectivity index (χ3v) is 5.68. The van der Waals surface area contributed by atoms with E-state index in [9.17, 15) is 13.2 Å². The molecule has 118 valence electrons. The maximum Gasteiger partial charge on any atom is 0.251 e. The van der Waals surface area contributed by atoms with E-state index in [-0.39, 0.29) is 10.8 Å². The molecule has 0 radical (unpaired) electrons. The van der Waals surface area contributed by atoms with Gasteiger partial charge in [0.1, 0.15) is 0 Å². The number of amides is 1. The van der Waals surface area contributed by atoms with E-state index < -0.39 is 10.0 Å². The third-order valence-electron chi connectivity index (χ3n) is 3.12. The average molecular weight is 338 g/mol. The molecule has 22 heavy (non-hydrogen) atoms. The number of nitrogens with one attached hydrogen (secondary N) is 2. The zero-order valence-corrected chi connectivity index (χ0v) is 14.1. The molecule has 7 heteroatoms. The van der Waals surface area contributed by atoms with Crippen LogP contribution in [0.2, 0.25) is 0 Å². The van der Waals surface area contributed by atoms with Crippen LogP contribution in [0, 0.1) is 6.92 Å². The van der Waals surface area contributed by atoms with Crippen LogP contribution in [-0.4, -0.2) is 20.9 Å². The van der Waals surface area contributed by atoms with Crippen LogP contribution in [-0.2, 0) is 16.6 Å². The van der Waals surface area contributed by atoms with Gasteiger partial charge in [0.15, 0.2) is 0 Å². The van der Waals surface area contributed by atoms with Gasteiger partial charge in [0, 0.05) is 17.0 Å². The second kappa shape index (κ2) is 7.04. The lowest BCUT2D eigenvalue weighted by Gasteiger charge is -2.08. The Morgan fingerprint density at radius 1 is 1.27 bits per heavy atom. The van der Waals surface area contributed by atoms with E-state index in [2.05, 4.69) is 10.0 Å². The van der Waals surface area contributed by atoms with Crippen molar-refractivity contribution in [3.63, 3.8) is 0 Å². The van der Waals surface area contributed by atoms with E-state index in [4.69, 9.17) is 0 Å². The van der Waals surface area contributed by atoms with E-state index in [1.807, 2.05) is 18.4 Å². The number of sulfonamides is 1. The molecule has 0 aliphatic heterocycles. The van der Waals surface area contributed by atoms with Gasteiger partial charge in [0.05, 0.1) is 11.4 Å². The minimum atomic E-state index is -3.56. The molecular weight excluding hydrogens is 320 g/mol. The SMILES string of the molecule is CCNS(=O)(=O)c1cccc(C(=O)NCc2sccc2C)c1. The first-order chi connectivity index (χ1) is 10.4. The number of benzene rings is 1. The van der Waals surface area contributed by atoms with Gasteiger partial charge in [-0.25, -0.2) is 13.1 Å². The second-order valence-electron chi connectivity index (χ2n) is 4.74. The van der Waals surface area contributed by atoms with Gasteiger partial charge in [0.25, 0.3) is 5.91 Å². The summed E-state index contributed by atoms with van der Waals surface area (Å²) in [6, 6.07) is 8.01. The van der Waals surface area contributed by atoms with Crippen LogP contribution in [0.25, 0.3) is 0 Å². The van der Waals surface area contributed by atoms with Crippen LogP contribution in [0.5, 0.6) is 0 Å². The molecule has 0 fully saturated rings. The normalized spacial score (nSPS) is 11.4. The van der Waals surface area contributed by atoms with Crippen LogP contribution in [0.15, 0.2) is 40.6 Å². The smallest absolute Gasteiger partial charge is 0.251 e. The highest BCUT2D eigenvalue weighted by Gasteiger charge is 2.15. The Morgan fingerprint density at radius 3 is 2.68 bits per heavy atom. The van der Waals surface area contributed by atoms with Gasteiger partial charge >= 0.3 is 0 Å². The molecule has 1 aromatic carbocycles. The van der Waals surface area contributed by atoms with Crippen molar-refractivity contribution in [1.82, 2.24) is 10.0 Å². The first-order valence-electron chi connectivity index (χ1n) is 6.85. The van der Waals surface area contributed by atoms with Gasteiger partial charge in [-0.15, -0.1) is 11.3 Å². The van der Waals surface area contributed by atoms with Crippen molar-refractivity contribution in [1.29, 1.82) is 0 Å². The molecule has 0 atom stereocenters. The largest absolute Gasteiger partial charge is 0.347 e. The lowest BCUT2D eigenvalue weighted by Crippen LogP contribution is -2.25. The Labute approximate surface area is 134 Å². The van der Waals surface area contributed by atoms with Crippen LogP contribution < -0.4 is 10.0 Å². The first-order valence-corrected chi connectivity index (χ1v) is 9.21. The molecule has 0 unspecified atom stereocenters. The summed E-state index contributed by atoms with van der Waals surface area (Å²) in [5, 5.41) is 4.78. The van der Waals surface area contributed by atoms with Crippen LogP contribution >= 0.6 is 11.3 Å². The predicted molar refractivity (Wildman–Crippen MR) is 87.5 cm³/mol. The lowest BCUT2D eigenvalue weighted by atomic mass is 10.2. The van der Waals surface area contributed by atoms with Crippen LogP contribution in [0.4, 0.5) is 0 Å². The van der Waals surface area contributed by atoms with E-state index in [0.29, 0.717) is 18.7 Å². The molecule has 0 saturated carbocycles. The highest BCUT2D eigenvalue weighted by Crippen LogP contribution is 2.16. The topological polar surface area (TPSA) is 75.3 Å². The summed E-state index contributed by atoms with van der Waals surface area (Å²) in [6.45, 7) is 4.43. The molecule has 0 spiro atoms. The van der Waals surface area contributed by atoms with Crippen molar-refractivity contribution in [2.24, 2.45) is 0 Å². The van der Waals surface area contributed by atoms with Crippen molar-refractivity contribution in [2.75, 3.05) is 6.54 Å². The Morgan fingerprint density at radius 2 is 2.05 bits per heavy atom. The molecule has 2 N–H and O–H groups in total. The molecule has 5 nitrogen and oxygen atoms in total. The van der Waals surface area contributed by atoms with Crippen molar-refractivity contribution in [3.05, 3.63) is 51.7 Å². The lowest BCUT2D eigenvalue weighted by molar-refractivity contribution is 0.0951. The average Bonchev–Trinajstić information content (AvgIpc) is 2.90. The van der Waals surface area contributed by atoms with Gasteiger partial charge in [0.2, 0.25) is 10.0 Å². The summed E-state index contributed by atoms with van der Waals surface area (Å²) in [7, 11) is -3.56. The summed E-state index contributed by atoms with van der Waals surface area (Å²) >= 11 is 1.58. The van der Waals surface area contributed by atoms with Crippen molar-refractivity contribution >= 4 is 27.3 Å². The monoisotopic (exact) mass is 338 g/mol. The number of hydrogen-bond acceptors (Lipinski definition) is 4. The fourth-order valence-corrected chi connectivity index (χ4v) is 3.86. The fraction of sp³-hybridized carbons (Fsp3) is 0.267. The summed E-state index contributed by atoms with van der Waals surface area (Å²) in [5.74, 6) is -0.290. The standard InChI is InChI=1S/C15H18N2O3S2/c1-3-17-22(19,20)13-6-4-5-12(9-13)15(18)16-10-14-11(2)7-8-21-14/h4-9,17H,3,10H2,1-2H3,(H,16,18). The van der Waals surface area contributed by atoms with Gasteiger partial charge in [-0.1, -0.05) is 13.0 Å². The Kier molecular flexibility index (Phi) is 5.33. The van der Waals surface area contributed by atoms with Gasteiger partial charge in [-0.2, -0.15) is 0 Å². The molecule has 1 aromatic heterocycles. The Hall–Kier alpha value is -1.70. The minimum Gasteiger partial charge on any atom is -0.347 e. The molecule has 2 aromatic rings. The molecule has 1 amide bonds. The van der Waals surface area contributed by atoms with E-state index >= 15 is 0 Å². The maximum atomic E-state index is 12.2. The number of carbonyl (C=O) groups is 1. The van der Waals surface area contributed by atoms with Gasteiger partial charge < -0.3 is 5.32 Å². The summed E-state index contributed by atoms with van der Waals surface area (Å²) in [4.78, 5) is 13.3. The minimum absolute atomic E-state index is 0.0919. The number of rotatable bonds is 6. The van der Waals surface area contributed by atoms with E-state index in [1.54, 1.807) is 30.4 Å². The molecule has 0 aliphatic carbocycles. The van der Waals surface area contributed by atoms with Crippen LogP contribution in [0.1, 0.15) is 27.7 Å². The van der Waals surface area contributed by atoms with Gasteiger partial charge in [-0.3, -0.25) is 4.79 Å². The third kappa shape index (κ3) is 3.94. The highest BCUT2D eigenvalue weighted by molar-refractivity contribution is 7.89. The first kappa shape index (κ1) is 16.7. The molecule has 2 rings (SSSR count). The van der Waals surface area contributed by atoms with Crippen molar-refractivity contribution < 1.29 is 13.2 Å². The molecule has 0 saturated heterocycles. The predicted octanol–water partition coefficient (Wildman–Crippen LogP) is 2.28. The molecule has 0 aliphatic rings. The van der Waals surface area contributed by atoms with Crippen LogP contribution in [0.3, 0.4) is 0 Å². The summed E-state index contributed by atoms with van der Waals surface area (Å²) in [6.07, 6.45) is 0. The Balaban J connectivity index is 2.12. The van der Waals surface area contributed by atoms with E-state index in [1.165, 1.54) is 12.1 Å². The molecule has 1 heterocycles. The number of aryl methyl sites for hydroxylation is 1. The quantitative estimate of drug-likeness (QED) is 0.848. The maximum absolute atomic E-state index is 12.2. The zero-order valence-electron chi connectivity index (χ0n) is 12.4. The second-order valence-corrected chi connectivity index (χ2v) is 7.51. The molecule has 0 bridgehead atoms. The van der Waals surface area contributed by atoms with Crippen molar-refractivity contribution in [2.45, 2.75) is 25.3 Å².